The van der Waals surface area contributed by atoms with Crippen LogP contribution in [0.1, 0.15) is 32.2 Å². The first-order valence-corrected chi connectivity index (χ1v) is 11.4. The molecule has 11 nitrogen and oxygen atoms in total. The first-order chi connectivity index (χ1) is 15.9. The van der Waals surface area contributed by atoms with Gasteiger partial charge >= 0.3 is 6.03 Å². The standard InChI is InChI=1S/C22H29N9O2.ClH/c1-5-33-21-20-25-15(4)28-31(20)12-18(26-21)27-22(32)30-9-7-16-17(6-8-23-19(16)30)29-10-13(2)24-14(3)11-29;/h6,8,12-14,24H,5,7,9-11H2,1-4H3,(H,27,32);1H/t13-,14+;. The zero-order valence-corrected chi connectivity index (χ0v) is 20.6. The summed E-state index contributed by atoms with van der Waals surface area (Å²) in [7, 11) is 0. The van der Waals surface area contributed by atoms with Crippen molar-refractivity contribution in [3.63, 3.8) is 0 Å². The maximum absolute atomic E-state index is 13.2. The number of fused-ring (bicyclic) bond motifs is 2. The van der Waals surface area contributed by atoms with Crippen molar-refractivity contribution in [2.24, 2.45) is 0 Å². The Labute approximate surface area is 204 Å². The highest BCUT2D eigenvalue weighted by molar-refractivity contribution is 6.02. The van der Waals surface area contributed by atoms with E-state index in [1.54, 1.807) is 28.7 Å². The lowest BCUT2D eigenvalue weighted by molar-refractivity contribution is 0.257. The number of halogens is 1. The third kappa shape index (κ3) is 4.45. The first-order valence-electron chi connectivity index (χ1n) is 11.4. The summed E-state index contributed by atoms with van der Waals surface area (Å²) in [6.45, 7) is 10.9. The van der Waals surface area contributed by atoms with Crippen LogP contribution in [0.15, 0.2) is 18.5 Å². The Kier molecular flexibility index (Phi) is 6.76. The topological polar surface area (TPSA) is 113 Å². The zero-order valence-electron chi connectivity index (χ0n) is 19.8. The molecule has 5 heterocycles. The van der Waals surface area contributed by atoms with Crippen LogP contribution in [0.4, 0.5) is 22.1 Å². The second-order valence-electron chi connectivity index (χ2n) is 8.63. The number of hydrogen-bond donors (Lipinski definition) is 2. The monoisotopic (exact) mass is 487 g/mol. The Hall–Kier alpha value is -3.18. The molecular formula is C22H30ClN9O2. The van der Waals surface area contributed by atoms with Gasteiger partial charge in [0, 0.05) is 49.2 Å². The van der Waals surface area contributed by atoms with Gasteiger partial charge in [-0.3, -0.25) is 10.2 Å². The van der Waals surface area contributed by atoms with E-state index in [4.69, 9.17) is 4.74 Å². The number of nitrogens with one attached hydrogen (secondary N) is 2. The number of aromatic nitrogens is 5. The van der Waals surface area contributed by atoms with Gasteiger partial charge in [0.15, 0.2) is 5.82 Å². The van der Waals surface area contributed by atoms with Gasteiger partial charge in [0.1, 0.15) is 11.6 Å². The Balaban J connectivity index is 0.00000274. The van der Waals surface area contributed by atoms with E-state index in [2.05, 4.69) is 55.5 Å². The van der Waals surface area contributed by atoms with E-state index in [0.717, 1.165) is 30.8 Å². The van der Waals surface area contributed by atoms with Crippen LogP contribution in [0, 0.1) is 6.92 Å². The van der Waals surface area contributed by atoms with Gasteiger partial charge in [-0.1, -0.05) is 0 Å². The number of carbonyl (C=O) groups excluding carboxylic acids is 1. The van der Waals surface area contributed by atoms with Crippen LogP contribution in [0.3, 0.4) is 0 Å². The molecule has 0 unspecified atom stereocenters. The predicted octanol–water partition coefficient (Wildman–Crippen LogP) is 2.43. The van der Waals surface area contributed by atoms with Gasteiger partial charge in [0.25, 0.3) is 5.88 Å². The number of anilines is 3. The molecule has 5 rings (SSSR count). The maximum Gasteiger partial charge on any atom is 0.328 e. The number of urea groups is 1. The van der Waals surface area contributed by atoms with Crippen LogP contribution in [-0.2, 0) is 6.42 Å². The average molecular weight is 488 g/mol. The number of piperazine rings is 1. The van der Waals surface area contributed by atoms with Crippen molar-refractivity contribution in [1.29, 1.82) is 0 Å². The van der Waals surface area contributed by atoms with E-state index in [0.29, 0.717) is 54.2 Å². The Morgan fingerprint density at radius 3 is 2.76 bits per heavy atom. The molecule has 0 spiro atoms. The summed E-state index contributed by atoms with van der Waals surface area (Å²) >= 11 is 0. The molecule has 0 aliphatic carbocycles. The van der Waals surface area contributed by atoms with Crippen molar-refractivity contribution in [1.82, 2.24) is 29.9 Å². The second kappa shape index (κ2) is 9.59. The number of carbonyl (C=O) groups is 1. The molecule has 1 saturated heterocycles. The van der Waals surface area contributed by atoms with Crippen molar-refractivity contribution in [3.05, 3.63) is 29.8 Å². The SMILES string of the molecule is CCOc1nc(NC(=O)N2CCc3c(N4C[C@@H](C)N[C@@H](C)C4)ccnc32)cn2nc(C)nc12.Cl. The number of ether oxygens (including phenoxy) is 1. The normalized spacial score (nSPS) is 19.6. The summed E-state index contributed by atoms with van der Waals surface area (Å²) in [5, 5.41) is 10.8. The number of nitrogens with zero attached hydrogens (tertiary/aromatic N) is 7. The molecule has 182 valence electrons. The van der Waals surface area contributed by atoms with Gasteiger partial charge in [-0.05, 0) is 40.2 Å². The van der Waals surface area contributed by atoms with Crippen LogP contribution in [0.2, 0.25) is 0 Å². The molecule has 0 saturated carbocycles. The second-order valence-corrected chi connectivity index (χ2v) is 8.63. The molecule has 0 aromatic carbocycles. The minimum absolute atomic E-state index is 0. The van der Waals surface area contributed by atoms with E-state index < -0.39 is 0 Å². The van der Waals surface area contributed by atoms with Crippen LogP contribution >= 0.6 is 12.4 Å². The third-order valence-electron chi connectivity index (χ3n) is 5.90. The lowest BCUT2D eigenvalue weighted by atomic mass is 10.1. The molecule has 2 aliphatic rings. The van der Waals surface area contributed by atoms with Crippen molar-refractivity contribution in [3.8, 4) is 5.88 Å². The molecule has 2 aliphatic heterocycles. The van der Waals surface area contributed by atoms with Crippen LogP contribution < -0.4 is 25.2 Å². The smallest absolute Gasteiger partial charge is 0.328 e. The van der Waals surface area contributed by atoms with Gasteiger partial charge < -0.3 is 15.0 Å². The highest BCUT2D eigenvalue weighted by atomic mass is 35.5. The number of rotatable bonds is 4. The molecule has 0 radical (unpaired) electrons. The van der Waals surface area contributed by atoms with Gasteiger partial charge in [0.05, 0.1) is 12.8 Å². The minimum atomic E-state index is -0.286. The lowest BCUT2D eigenvalue weighted by Crippen LogP contribution is -2.54. The summed E-state index contributed by atoms with van der Waals surface area (Å²) in [6, 6.07) is 2.58. The van der Waals surface area contributed by atoms with E-state index in [1.165, 1.54) is 0 Å². The quantitative estimate of drug-likeness (QED) is 0.577. The molecule has 0 bridgehead atoms. The largest absolute Gasteiger partial charge is 0.475 e. The predicted molar refractivity (Wildman–Crippen MR) is 133 cm³/mol. The summed E-state index contributed by atoms with van der Waals surface area (Å²) in [5.74, 6) is 1.98. The van der Waals surface area contributed by atoms with Crippen LogP contribution in [0.5, 0.6) is 5.88 Å². The highest BCUT2D eigenvalue weighted by Gasteiger charge is 2.31. The fourth-order valence-corrected chi connectivity index (χ4v) is 4.73. The molecule has 1 fully saturated rings. The van der Waals surface area contributed by atoms with E-state index in [9.17, 15) is 4.79 Å². The maximum atomic E-state index is 13.2. The molecule has 2 amide bonds. The Morgan fingerprint density at radius 2 is 2.03 bits per heavy atom. The van der Waals surface area contributed by atoms with Crippen LogP contribution in [-0.4, -0.2) is 68.9 Å². The summed E-state index contributed by atoms with van der Waals surface area (Å²) in [4.78, 5) is 30.6. The lowest BCUT2D eigenvalue weighted by Gasteiger charge is -2.38. The molecule has 3 aromatic rings. The molecule has 3 aromatic heterocycles. The first kappa shape index (κ1) is 24.0. The van der Waals surface area contributed by atoms with Crippen molar-refractivity contribution in [2.75, 3.05) is 41.4 Å². The Bertz CT molecular complexity index is 1190. The zero-order chi connectivity index (χ0) is 23.1. The van der Waals surface area contributed by atoms with Crippen molar-refractivity contribution >= 4 is 41.4 Å². The molecule has 12 heteroatoms. The van der Waals surface area contributed by atoms with Crippen molar-refractivity contribution in [2.45, 2.75) is 46.2 Å². The average Bonchev–Trinajstić information content (AvgIpc) is 3.36. The molecule has 2 N–H and O–H groups in total. The van der Waals surface area contributed by atoms with Gasteiger partial charge in [0.2, 0.25) is 5.65 Å². The van der Waals surface area contributed by atoms with Gasteiger partial charge in [-0.25, -0.2) is 19.3 Å². The number of pyridine rings is 1. The number of amides is 2. The fraction of sp³-hybridized carbons (Fsp3) is 0.500. The van der Waals surface area contributed by atoms with Crippen LogP contribution in [0.25, 0.3) is 5.65 Å². The van der Waals surface area contributed by atoms with Gasteiger partial charge in [-0.2, -0.15) is 10.1 Å². The summed E-state index contributed by atoms with van der Waals surface area (Å²) in [5.41, 5.74) is 2.79. The number of aryl methyl sites for hydroxylation is 1. The molecular weight excluding hydrogens is 458 g/mol. The van der Waals surface area contributed by atoms with E-state index in [1.807, 2.05) is 6.92 Å². The fourth-order valence-electron chi connectivity index (χ4n) is 4.73. The number of hydrogen-bond acceptors (Lipinski definition) is 8. The molecule has 2 atom stereocenters. The summed E-state index contributed by atoms with van der Waals surface area (Å²) in [6.07, 6.45) is 4.18. The minimum Gasteiger partial charge on any atom is -0.475 e. The molecule has 34 heavy (non-hydrogen) atoms. The Morgan fingerprint density at radius 1 is 1.26 bits per heavy atom. The third-order valence-corrected chi connectivity index (χ3v) is 5.90. The van der Waals surface area contributed by atoms with E-state index >= 15 is 0 Å². The highest BCUT2D eigenvalue weighted by Crippen LogP contribution is 2.35. The van der Waals surface area contributed by atoms with E-state index in [-0.39, 0.29) is 18.4 Å². The van der Waals surface area contributed by atoms with Crippen molar-refractivity contribution < 1.29 is 9.53 Å². The van der Waals surface area contributed by atoms with Gasteiger partial charge in [-0.15, -0.1) is 12.4 Å². The summed E-state index contributed by atoms with van der Waals surface area (Å²) < 4.78 is 7.19.